The molecule has 0 radical (unpaired) electrons. The van der Waals surface area contributed by atoms with Crippen molar-refractivity contribution in [1.82, 2.24) is 9.80 Å². The fraction of sp³-hybridized carbons (Fsp3) is 0.364. The molecule has 27 heavy (non-hydrogen) atoms. The topological polar surface area (TPSA) is 52.7 Å². The van der Waals surface area contributed by atoms with Crippen molar-refractivity contribution in [3.8, 4) is 0 Å². The lowest BCUT2D eigenvalue weighted by molar-refractivity contribution is -0.117. The Hall–Kier alpha value is -2.66. The van der Waals surface area contributed by atoms with Gasteiger partial charge in [0.15, 0.2) is 0 Å². The number of carbonyl (C=O) groups is 2. The highest BCUT2D eigenvalue weighted by Gasteiger charge is 2.29. The van der Waals surface area contributed by atoms with Crippen molar-refractivity contribution >= 4 is 17.5 Å². The highest BCUT2D eigenvalue weighted by molar-refractivity contribution is 5.98. The van der Waals surface area contributed by atoms with Crippen LogP contribution in [0.3, 0.4) is 0 Å². The Kier molecular flexibility index (Phi) is 5.21. The molecule has 2 aliphatic rings. The Morgan fingerprint density at radius 3 is 2.37 bits per heavy atom. The first-order valence-electron chi connectivity index (χ1n) is 9.65. The van der Waals surface area contributed by atoms with E-state index in [2.05, 4.69) is 34.5 Å². The van der Waals surface area contributed by atoms with Gasteiger partial charge in [-0.3, -0.25) is 14.5 Å². The fourth-order valence-electron chi connectivity index (χ4n) is 3.45. The van der Waals surface area contributed by atoms with Crippen molar-refractivity contribution in [2.75, 3.05) is 31.5 Å². The second-order valence-electron chi connectivity index (χ2n) is 7.40. The van der Waals surface area contributed by atoms with E-state index in [1.54, 1.807) is 6.07 Å². The lowest BCUT2D eigenvalue weighted by atomic mass is 10.1. The molecule has 2 fully saturated rings. The van der Waals surface area contributed by atoms with Crippen LogP contribution in [0.15, 0.2) is 54.6 Å². The van der Waals surface area contributed by atoms with Crippen LogP contribution >= 0.6 is 0 Å². The first-order valence-corrected chi connectivity index (χ1v) is 9.65. The average Bonchev–Trinajstić information content (AvgIpc) is 3.54. The SMILES string of the molecule is O=C(Nc1cccc(C(=O)N2CCN(Cc3ccccc3)CC2)c1)C1CC1. The number of hydrogen-bond donors (Lipinski definition) is 1. The van der Waals surface area contributed by atoms with Crippen molar-refractivity contribution in [2.45, 2.75) is 19.4 Å². The number of nitrogens with zero attached hydrogens (tertiary/aromatic N) is 2. The molecule has 5 nitrogen and oxygen atoms in total. The van der Waals surface area contributed by atoms with Crippen LogP contribution < -0.4 is 5.32 Å². The maximum Gasteiger partial charge on any atom is 0.254 e. The van der Waals surface area contributed by atoms with Crippen LogP contribution in [0.1, 0.15) is 28.8 Å². The van der Waals surface area contributed by atoms with E-state index >= 15 is 0 Å². The van der Waals surface area contributed by atoms with Crippen molar-refractivity contribution < 1.29 is 9.59 Å². The third kappa shape index (κ3) is 4.55. The van der Waals surface area contributed by atoms with Gasteiger partial charge in [-0.1, -0.05) is 36.4 Å². The summed E-state index contributed by atoms with van der Waals surface area (Å²) in [6.07, 6.45) is 1.94. The number of anilines is 1. The molecule has 4 rings (SSSR count). The zero-order valence-electron chi connectivity index (χ0n) is 15.4. The van der Waals surface area contributed by atoms with Gasteiger partial charge in [-0.15, -0.1) is 0 Å². The molecular formula is C22H25N3O2. The first-order chi connectivity index (χ1) is 13.2. The molecule has 0 bridgehead atoms. The van der Waals surface area contributed by atoms with Crippen LogP contribution in [0, 0.1) is 5.92 Å². The van der Waals surface area contributed by atoms with Crippen LogP contribution in [0.25, 0.3) is 0 Å². The molecule has 1 N–H and O–H groups in total. The summed E-state index contributed by atoms with van der Waals surface area (Å²) < 4.78 is 0. The van der Waals surface area contributed by atoms with E-state index in [0.717, 1.165) is 45.6 Å². The Labute approximate surface area is 160 Å². The number of nitrogens with one attached hydrogen (secondary N) is 1. The Morgan fingerprint density at radius 1 is 0.926 bits per heavy atom. The molecule has 2 aromatic rings. The third-order valence-corrected chi connectivity index (χ3v) is 5.23. The Balaban J connectivity index is 1.33. The number of piperazine rings is 1. The first kappa shape index (κ1) is 17.7. The van der Waals surface area contributed by atoms with Crippen molar-refractivity contribution in [1.29, 1.82) is 0 Å². The van der Waals surface area contributed by atoms with Crippen LogP contribution in [-0.2, 0) is 11.3 Å². The molecule has 0 aromatic heterocycles. The monoisotopic (exact) mass is 363 g/mol. The van der Waals surface area contributed by atoms with Gasteiger partial charge in [-0.25, -0.2) is 0 Å². The molecule has 2 aromatic carbocycles. The number of carbonyl (C=O) groups excluding carboxylic acids is 2. The Morgan fingerprint density at radius 2 is 1.67 bits per heavy atom. The molecule has 0 atom stereocenters. The molecule has 1 saturated carbocycles. The van der Waals surface area contributed by atoms with E-state index in [9.17, 15) is 9.59 Å². The quantitative estimate of drug-likeness (QED) is 0.889. The van der Waals surface area contributed by atoms with E-state index in [4.69, 9.17) is 0 Å². The van der Waals surface area contributed by atoms with Crippen LogP contribution in [0.4, 0.5) is 5.69 Å². The van der Waals surface area contributed by atoms with Gasteiger partial charge >= 0.3 is 0 Å². The maximum absolute atomic E-state index is 12.8. The summed E-state index contributed by atoms with van der Waals surface area (Å²) in [4.78, 5) is 29.1. The highest BCUT2D eigenvalue weighted by atomic mass is 16.2. The van der Waals surface area contributed by atoms with E-state index < -0.39 is 0 Å². The predicted octanol–water partition coefficient (Wildman–Crippen LogP) is 2.99. The van der Waals surface area contributed by atoms with Gasteiger partial charge in [0, 0.05) is 49.9 Å². The molecule has 140 valence electrons. The fourth-order valence-corrected chi connectivity index (χ4v) is 3.45. The van der Waals surface area contributed by atoms with Gasteiger partial charge in [0.05, 0.1) is 0 Å². The minimum absolute atomic E-state index is 0.0388. The molecule has 0 unspecified atom stereocenters. The van der Waals surface area contributed by atoms with Gasteiger partial charge in [-0.05, 0) is 36.6 Å². The van der Waals surface area contributed by atoms with Crippen LogP contribution in [-0.4, -0.2) is 47.8 Å². The minimum atomic E-state index is 0.0388. The zero-order valence-corrected chi connectivity index (χ0v) is 15.4. The van der Waals surface area contributed by atoms with Crippen molar-refractivity contribution in [3.63, 3.8) is 0 Å². The van der Waals surface area contributed by atoms with E-state index in [0.29, 0.717) is 11.3 Å². The standard InChI is InChI=1S/C22H25N3O2/c26-21(18-9-10-18)23-20-8-4-7-19(15-20)22(27)25-13-11-24(12-14-25)16-17-5-2-1-3-6-17/h1-8,15,18H,9-14,16H2,(H,23,26). The van der Waals surface area contributed by atoms with Gasteiger partial charge in [0.1, 0.15) is 0 Å². The molecule has 2 amide bonds. The van der Waals surface area contributed by atoms with Gasteiger partial charge in [-0.2, -0.15) is 0 Å². The smallest absolute Gasteiger partial charge is 0.254 e. The summed E-state index contributed by atoms with van der Waals surface area (Å²) in [5.41, 5.74) is 2.65. The maximum atomic E-state index is 12.8. The van der Waals surface area contributed by atoms with Crippen molar-refractivity contribution in [3.05, 3.63) is 65.7 Å². The summed E-state index contributed by atoms with van der Waals surface area (Å²) >= 11 is 0. The van der Waals surface area contributed by atoms with Gasteiger partial charge < -0.3 is 10.2 Å². The summed E-state index contributed by atoms with van der Waals surface area (Å²) in [5.74, 6) is 0.257. The third-order valence-electron chi connectivity index (χ3n) is 5.23. The summed E-state index contributed by atoms with van der Waals surface area (Å²) in [5, 5.41) is 2.92. The average molecular weight is 363 g/mol. The lowest BCUT2D eigenvalue weighted by Gasteiger charge is -2.34. The van der Waals surface area contributed by atoms with E-state index in [1.165, 1.54) is 5.56 Å². The zero-order chi connectivity index (χ0) is 18.6. The number of hydrogen-bond acceptors (Lipinski definition) is 3. The molecule has 0 spiro atoms. The van der Waals surface area contributed by atoms with Crippen LogP contribution in [0.5, 0.6) is 0 Å². The molecule has 5 heteroatoms. The summed E-state index contributed by atoms with van der Waals surface area (Å²) in [7, 11) is 0. The molecule has 1 aliphatic carbocycles. The van der Waals surface area contributed by atoms with E-state index in [-0.39, 0.29) is 17.7 Å². The molecule has 1 saturated heterocycles. The predicted molar refractivity (Wildman–Crippen MR) is 105 cm³/mol. The number of benzene rings is 2. The molecule has 1 aliphatic heterocycles. The van der Waals surface area contributed by atoms with E-state index in [1.807, 2.05) is 29.2 Å². The molecular weight excluding hydrogens is 338 g/mol. The lowest BCUT2D eigenvalue weighted by Crippen LogP contribution is -2.48. The summed E-state index contributed by atoms with van der Waals surface area (Å²) in [6.45, 7) is 4.12. The second-order valence-corrected chi connectivity index (χ2v) is 7.40. The normalized spacial score (nSPS) is 17.6. The van der Waals surface area contributed by atoms with Crippen molar-refractivity contribution in [2.24, 2.45) is 5.92 Å². The van der Waals surface area contributed by atoms with Gasteiger partial charge in [0.25, 0.3) is 5.91 Å². The largest absolute Gasteiger partial charge is 0.336 e. The minimum Gasteiger partial charge on any atom is -0.336 e. The summed E-state index contributed by atoms with van der Waals surface area (Å²) in [6, 6.07) is 17.7. The van der Waals surface area contributed by atoms with Crippen LogP contribution in [0.2, 0.25) is 0 Å². The molecule has 1 heterocycles. The second kappa shape index (κ2) is 7.92. The highest BCUT2D eigenvalue weighted by Crippen LogP contribution is 2.30. The Bertz CT molecular complexity index is 809. The number of amides is 2. The number of rotatable bonds is 5. The van der Waals surface area contributed by atoms with Gasteiger partial charge in [0.2, 0.25) is 5.91 Å².